The maximum absolute atomic E-state index is 12.6. The highest BCUT2D eigenvalue weighted by Gasteiger charge is 2.19. The lowest BCUT2D eigenvalue weighted by atomic mass is 10.0. The van der Waals surface area contributed by atoms with Crippen LogP contribution in [0.25, 0.3) is 10.9 Å². The predicted molar refractivity (Wildman–Crippen MR) is 102 cm³/mol. The smallest absolute Gasteiger partial charge is 0.262 e. The van der Waals surface area contributed by atoms with Crippen LogP contribution in [0.5, 0.6) is 0 Å². The molecule has 0 bridgehead atoms. The molecule has 0 aliphatic carbocycles. The molecule has 0 fully saturated rings. The summed E-state index contributed by atoms with van der Waals surface area (Å²) in [5, 5.41) is 3.50. The minimum atomic E-state index is -0.288. The molecule has 1 aromatic heterocycles. The minimum absolute atomic E-state index is 0.157. The van der Waals surface area contributed by atoms with Crippen LogP contribution in [-0.4, -0.2) is 34.7 Å². The third-order valence-corrected chi connectivity index (χ3v) is 4.63. The van der Waals surface area contributed by atoms with Gasteiger partial charge in [0.15, 0.2) is 4.77 Å². The molecule has 0 unspecified atom stereocenters. The number of carbonyl (C=O) groups is 1. The van der Waals surface area contributed by atoms with Gasteiger partial charge < -0.3 is 15.0 Å². The largest absolute Gasteiger partial charge is 0.385 e. The molecule has 1 aromatic carbocycles. The van der Waals surface area contributed by atoms with Gasteiger partial charge in [-0.2, -0.15) is 0 Å². The van der Waals surface area contributed by atoms with E-state index in [1.807, 2.05) is 20.8 Å². The lowest BCUT2D eigenvalue weighted by molar-refractivity contribution is 0.0911. The number of ether oxygens (including phenoxy) is 1. The summed E-state index contributed by atoms with van der Waals surface area (Å²) < 4.78 is 6.89. The van der Waals surface area contributed by atoms with Gasteiger partial charge in [-0.15, -0.1) is 0 Å². The van der Waals surface area contributed by atoms with Crippen LogP contribution in [-0.2, 0) is 11.3 Å². The molecule has 0 atom stereocenters. The van der Waals surface area contributed by atoms with Gasteiger partial charge in [0.1, 0.15) is 0 Å². The zero-order chi connectivity index (χ0) is 18.6. The molecule has 6 nitrogen and oxygen atoms in total. The van der Waals surface area contributed by atoms with E-state index in [-0.39, 0.29) is 17.0 Å². The van der Waals surface area contributed by atoms with Crippen LogP contribution in [0.15, 0.2) is 23.0 Å². The quantitative estimate of drug-likeness (QED) is 0.586. The van der Waals surface area contributed by atoms with Crippen LogP contribution in [0.1, 0.15) is 44.0 Å². The Kier molecular flexibility index (Phi) is 6.13. The molecule has 136 valence electrons. The average Bonchev–Trinajstić information content (AvgIpc) is 2.57. The van der Waals surface area contributed by atoms with Crippen molar-refractivity contribution in [2.75, 3.05) is 13.7 Å². The lowest BCUT2D eigenvalue weighted by Gasteiger charge is -2.24. The Morgan fingerprint density at radius 2 is 2.12 bits per heavy atom. The highest BCUT2D eigenvalue weighted by Crippen LogP contribution is 2.14. The topological polar surface area (TPSA) is 76.1 Å². The summed E-state index contributed by atoms with van der Waals surface area (Å²) in [5.74, 6) is -0.169. The van der Waals surface area contributed by atoms with Crippen molar-refractivity contribution in [3.05, 3.63) is 38.9 Å². The fourth-order valence-electron chi connectivity index (χ4n) is 2.43. The number of aromatic nitrogens is 2. The van der Waals surface area contributed by atoms with Gasteiger partial charge in [-0.25, -0.2) is 0 Å². The molecule has 2 N–H and O–H groups in total. The number of fused-ring (bicyclic) bond motifs is 1. The molecule has 0 radical (unpaired) electrons. The zero-order valence-corrected chi connectivity index (χ0v) is 16.0. The van der Waals surface area contributed by atoms with Gasteiger partial charge in [-0.05, 0) is 57.1 Å². The highest BCUT2D eigenvalue weighted by atomic mass is 32.1. The molecule has 1 heterocycles. The maximum atomic E-state index is 12.6. The van der Waals surface area contributed by atoms with Gasteiger partial charge >= 0.3 is 0 Å². The number of methoxy groups -OCH3 is 1. The Bertz CT molecular complexity index is 883. The van der Waals surface area contributed by atoms with Crippen LogP contribution in [0, 0.1) is 4.77 Å². The molecular weight excluding hydrogens is 338 g/mol. The molecule has 0 aliphatic rings. The third kappa shape index (κ3) is 4.55. The molecule has 2 aromatic rings. The summed E-state index contributed by atoms with van der Waals surface area (Å²) in [6.45, 7) is 7.01. The Morgan fingerprint density at radius 1 is 1.40 bits per heavy atom. The van der Waals surface area contributed by atoms with Crippen molar-refractivity contribution in [3.8, 4) is 0 Å². The van der Waals surface area contributed by atoms with Gasteiger partial charge in [-0.3, -0.25) is 14.2 Å². The zero-order valence-electron chi connectivity index (χ0n) is 15.1. The first kappa shape index (κ1) is 19.3. The maximum Gasteiger partial charge on any atom is 0.262 e. The summed E-state index contributed by atoms with van der Waals surface area (Å²) in [6, 6.07) is 5.01. The van der Waals surface area contributed by atoms with Crippen LogP contribution < -0.4 is 10.9 Å². The number of nitrogens with zero attached hydrogens (tertiary/aromatic N) is 1. The molecular formula is C18H25N3O3S. The predicted octanol–water partition coefficient (Wildman–Crippen LogP) is 3.01. The standard InChI is InChI=1S/C18H25N3O3S/c1-5-18(2,3)20-15(22)12-7-8-13-14(11-12)19-17(25)21(16(13)23)9-6-10-24-4/h7-8,11H,5-6,9-10H2,1-4H3,(H,19,25)(H,20,22). The Morgan fingerprint density at radius 3 is 2.76 bits per heavy atom. The van der Waals surface area contributed by atoms with E-state index in [9.17, 15) is 9.59 Å². The molecule has 0 spiro atoms. The summed E-state index contributed by atoms with van der Waals surface area (Å²) in [7, 11) is 1.62. The molecule has 25 heavy (non-hydrogen) atoms. The van der Waals surface area contributed by atoms with E-state index in [4.69, 9.17) is 17.0 Å². The molecule has 0 saturated carbocycles. The van der Waals surface area contributed by atoms with Crippen molar-refractivity contribution < 1.29 is 9.53 Å². The van der Waals surface area contributed by atoms with E-state index >= 15 is 0 Å². The second-order valence-electron chi connectivity index (χ2n) is 6.69. The van der Waals surface area contributed by atoms with E-state index in [1.165, 1.54) is 4.57 Å². The minimum Gasteiger partial charge on any atom is -0.385 e. The van der Waals surface area contributed by atoms with E-state index in [1.54, 1.807) is 25.3 Å². The molecule has 1 amide bonds. The summed E-state index contributed by atoms with van der Waals surface area (Å²) >= 11 is 5.30. The van der Waals surface area contributed by atoms with Crippen molar-refractivity contribution in [2.24, 2.45) is 0 Å². The van der Waals surface area contributed by atoms with Crippen molar-refractivity contribution in [1.29, 1.82) is 0 Å². The van der Waals surface area contributed by atoms with Crippen LogP contribution in [0.3, 0.4) is 0 Å². The number of carbonyl (C=O) groups excluding carboxylic acids is 1. The van der Waals surface area contributed by atoms with E-state index < -0.39 is 0 Å². The Balaban J connectivity index is 2.38. The van der Waals surface area contributed by atoms with Gasteiger partial charge in [0.2, 0.25) is 0 Å². The number of benzene rings is 1. The monoisotopic (exact) mass is 363 g/mol. The highest BCUT2D eigenvalue weighted by molar-refractivity contribution is 7.71. The van der Waals surface area contributed by atoms with Crippen LogP contribution >= 0.6 is 12.2 Å². The number of rotatable bonds is 7. The SMILES string of the molecule is CCC(C)(C)NC(=O)c1ccc2c(=O)n(CCCOC)c(=S)[nH]c2c1. The Labute approximate surface area is 152 Å². The lowest BCUT2D eigenvalue weighted by Crippen LogP contribution is -2.42. The van der Waals surface area contributed by atoms with Crippen molar-refractivity contribution in [3.63, 3.8) is 0 Å². The van der Waals surface area contributed by atoms with Gasteiger partial charge in [0, 0.05) is 31.4 Å². The van der Waals surface area contributed by atoms with E-state index in [0.717, 1.165) is 6.42 Å². The molecule has 0 aliphatic heterocycles. The first-order chi connectivity index (χ1) is 11.8. The third-order valence-electron chi connectivity index (χ3n) is 4.31. The normalized spacial score (nSPS) is 11.7. The fraction of sp³-hybridized carbons (Fsp3) is 0.500. The average molecular weight is 363 g/mol. The van der Waals surface area contributed by atoms with E-state index in [2.05, 4.69) is 10.3 Å². The summed E-state index contributed by atoms with van der Waals surface area (Å²) in [4.78, 5) is 28.1. The molecule has 0 saturated heterocycles. The van der Waals surface area contributed by atoms with Crippen molar-refractivity contribution in [1.82, 2.24) is 14.9 Å². The number of nitrogens with one attached hydrogen (secondary N) is 2. The first-order valence-electron chi connectivity index (χ1n) is 8.37. The molecule has 2 rings (SSSR count). The Hall–Kier alpha value is -1.99. The fourth-order valence-corrected chi connectivity index (χ4v) is 2.72. The van der Waals surface area contributed by atoms with E-state index in [0.29, 0.717) is 40.8 Å². The summed E-state index contributed by atoms with van der Waals surface area (Å²) in [5.41, 5.74) is 0.621. The summed E-state index contributed by atoms with van der Waals surface area (Å²) in [6.07, 6.45) is 1.52. The number of amides is 1. The molecule has 7 heteroatoms. The van der Waals surface area contributed by atoms with Gasteiger partial charge in [0.05, 0.1) is 10.9 Å². The van der Waals surface area contributed by atoms with Crippen molar-refractivity contribution >= 4 is 29.0 Å². The van der Waals surface area contributed by atoms with Crippen LogP contribution in [0.4, 0.5) is 0 Å². The van der Waals surface area contributed by atoms with Gasteiger partial charge in [-0.1, -0.05) is 6.92 Å². The number of hydrogen-bond acceptors (Lipinski definition) is 4. The second-order valence-corrected chi connectivity index (χ2v) is 7.07. The number of hydrogen-bond donors (Lipinski definition) is 2. The van der Waals surface area contributed by atoms with Gasteiger partial charge in [0.25, 0.3) is 11.5 Å². The second kappa shape index (κ2) is 7.93. The number of aromatic amines is 1. The van der Waals surface area contributed by atoms with Crippen LogP contribution in [0.2, 0.25) is 0 Å². The van der Waals surface area contributed by atoms with Crippen molar-refractivity contribution in [2.45, 2.75) is 45.7 Å². The number of H-pyrrole nitrogens is 1. The first-order valence-corrected chi connectivity index (χ1v) is 8.78.